The Morgan fingerprint density at radius 3 is 2.02 bits per heavy atom. The van der Waals surface area contributed by atoms with E-state index in [9.17, 15) is 14.4 Å². The van der Waals surface area contributed by atoms with E-state index in [1.165, 1.54) is 39.2 Å². The van der Waals surface area contributed by atoms with Crippen LogP contribution in [-0.2, 0) is 9.59 Å². The van der Waals surface area contributed by atoms with E-state index in [0.717, 1.165) is 4.90 Å². The summed E-state index contributed by atoms with van der Waals surface area (Å²) in [6.45, 7) is 1.94. The summed E-state index contributed by atoms with van der Waals surface area (Å²) >= 11 is 1.38. The van der Waals surface area contributed by atoms with Crippen LogP contribution >= 0.6 is 11.8 Å². The minimum Gasteiger partial charge on any atom is -0.497 e. The minimum atomic E-state index is -0.561. The zero-order valence-electron chi connectivity index (χ0n) is 26.8. The second kappa shape index (κ2) is 16.8. The average molecular weight is 656 g/mol. The van der Waals surface area contributed by atoms with E-state index in [0.29, 0.717) is 51.9 Å². The molecule has 0 heterocycles. The molecule has 0 radical (unpaired) electrons. The fourth-order valence-corrected chi connectivity index (χ4v) is 5.54. The van der Waals surface area contributed by atoms with E-state index in [1.54, 1.807) is 92.0 Å². The molecule has 0 aliphatic carbocycles. The predicted octanol–water partition coefficient (Wildman–Crippen LogP) is 6.64. The molecule has 0 spiro atoms. The minimum absolute atomic E-state index is 0.0171. The van der Waals surface area contributed by atoms with Crippen molar-refractivity contribution in [3.63, 3.8) is 0 Å². The maximum absolute atomic E-state index is 13.7. The Morgan fingerprint density at radius 1 is 0.745 bits per heavy atom. The molecule has 1 unspecified atom stereocenters. The Labute approximate surface area is 278 Å². The van der Waals surface area contributed by atoms with Crippen LogP contribution in [0.1, 0.15) is 29.3 Å². The number of hydrogen-bond acceptors (Lipinski definition) is 8. The summed E-state index contributed by atoms with van der Waals surface area (Å²) in [5.41, 5.74) is 2.04. The number of hydrogen-bond donors (Lipinski definition) is 3. The Bertz CT molecular complexity index is 1700. The maximum Gasteiger partial charge on any atom is 0.272 e. The van der Waals surface area contributed by atoms with Gasteiger partial charge in [0.25, 0.3) is 11.8 Å². The van der Waals surface area contributed by atoms with Gasteiger partial charge in [0, 0.05) is 21.8 Å². The van der Waals surface area contributed by atoms with Gasteiger partial charge in [-0.15, -0.1) is 11.8 Å². The van der Waals surface area contributed by atoms with Crippen LogP contribution in [-0.4, -0.2) is 51.4 Å². The molecule has 244 valence electrons. The lowest BCUT2D eigenvalue weighted by Crippen LogP contribution is -2.30. The van der Waals surface area contributed by atoms with Crippen LogP contribution in [0.2, 0.25) is 0 Å². The number of anilines is 2. The number of carbonyl (C=O) groups is 3. The van der Waals surface area contributed by atoms with E-state index < -0.39 is 11.8 Å². The van der Waals surface area contributed by atoms with Crippen molar-refractivity contribution in [3.8, 4) is 23.0 Å². The van der Waals surface area contributed by atoms with Gasteiger partial charge in [0.2, 0.25) is 11.7 Å². The van der Waals surface area contributed by atoms with Crippen molar-refractivity contribution in [1.29, 1.82) is 0 Å². The van der Waals surface area contributed by atoms with Gasteiger partial charge in [0.15, 0.2) is 11.5 Å². The van der Waals surface area contributed by atoms with Gasteiger partial charge in [0.1, 0.15) is 11.4 Å². The molecule has 3 amide bonds. The lowest BCUT2D eigenvalue weighted by atomic mass is 10.1. The zero-order chi connectivity index (χ0) is 33.8. The molecule has 11 heteroatoms. The van der Waals surface area contributed by atoms with E-state index in [-0.39, 0.29) is 16.9 Å². The molecule has 0 saturated heterocycles. The highest BCUT2D eigenvalue weighted by Crippen LogP contribution is 2.38. The normalized spacial score (nSPS) is 11.6. The second-order valence-corrected chi connectivity index (χ2v) is 11.3. The molecular formula is C36H37N3O7S. The van der Waals surface area contributed by atoms with Gasteiger partial charge in [-0.05, 0) is 84.8 Å². The summed E-state index contributed by atoms with van der Waals surface area (Å²) in [4.78, 5) is 40.7. The van der Waals surface area contributed by atoms with Gasteiger partial charge in [0.05, 0.1) is 33.7 Å². The summed E-state index contributed by atoms with van der Waals surface area (Å²) < 4.78 is 21.5. The van der Waals surface area contributed by atoms with E-state index in [4.69, 9.17) is 18.9 Å². The smallest absolute Gasteiger partial charge is 0.272 e. The number of carbonyl (C=O) groups excluding carboxylic acids is 3. The average Bonchev–Trinajstić information content (AvgIpc) is 3.10. The van der Waals surface area contributed by atoms with Crippen LogP contribution in [0.5, 0.6) is 23.0 Å². The van der Waals surface area contributed by atoms with Crippen molar-refractivity contribution in [2.45, 2.75) is 23.5 Å². The summed E-state index contributed by atoms with van der Waals surface area (Å²) in [7, 11) is 6.07. The third-order valence-electron chi connectivity index (χ3n) is 6.92. The first kappa shape index (κ1) is 34.5. The number of ether oxygens (including phenoxy) is 4. The lowest BCUT2D eigenvalue weighted by Gasteiger charge is -2.16. The van der Waals surface area contributed by atoms with Crippen LogP contribution < -0.4 is 34.9 Å². The van der Waals surface area contributed by atoms with Gasteiger partial charge in [-0.1, -0.05) is 31.2 Å². The van der Waals surface area contributed by atoms with Crippen LogP contribution in [0.25, 0.3) is 6.08 Å². The maximum atomic E-state index is 13.7. The highest BCUT2D eigenvalue weighted by molar-refractivity contribution is 8.00. The highest BCUT2D eigenvalue weighted by atomic mass is 32.2. The predicted molar refractivity (Wildman–Crippen MR) is 185 cm³/mol. The van der Waals surface area contributed by atoms with Crippen molar-refractivity contribution in [2.24, 2.45) is 0 Å². The number of amides is 3. The number of benzene rings is 4. The van der Waals surface area contributed by atoms with Crippen molar-refractivity contribution >= 4 is 46.9 Å². The zero-order valence-corrected chi connectivity index (χ0v) is 27.6. The molecule has 3 N–H and O–H groups in total. The standard InChI is InChI=1S/C36H37N3O7S/c1-6-32(36(42)37-25-15-17-27(43-2)18-16-25)47-28-14-10-13-26(22-28)38-35(41)29(39-34(40)24-11-8-7-9-12-24)19-23-20-30(44-3)33(46-5)31(21-23)45-4/h7-22,32H,6H2,1-5H3,(H,37,42)(H,38,41)(H,39,40)/b29-19+. The number of thioether (sulfide) groups is 1. The molecule has 4 rings (SSSR count). The molecular weight excluding hydrogens is 618 g/mol. The Balaban J connectivity index is 1.57. The van der Waals surface area contributed by atoms with E-state index in [1.807, 2.05) is 13.0 Å². The van der Waals surface area contributed by atoms with Crippen molar-refractivity contribution in [1.82, 2.24) is 5.32 Å². The van der Waals surface area contributed by atoms with Gasteiger partial charge in [-0.2, -0.15) is 0 Å². The van der Waals surface area contributed by atoms with Crippen molar-refractivity contribution in [2.75, 3.05) is 39.1 Å². The summed E-state index contributed by atoms with van der Waals surface area (Å²) in [6.07, 6.45) is 2.10. The lowest BCUT2D eigenvalue weighted by molar-refractivity contribution is -0.116. The van der Waals surface area contributed by atoms with Crippen LogP contribution in [0.3, 0.4) is 0 Å². The summed E-state index contributed by atoms with van der Waals surface area (Å²) in [5, 5.41) is 8.17. The monoisotopic (exact) mass is 655 g/mol. The molecule has 0 aromatic heterocycles. The molecule has 0 aliphatic rings. The van der Waals surface area contributed by atoms with Crippen LogP contribution in [0.15, 0.2) is 102 Å². The molecule has 0 saturated carbocycles. The highest BCUT2D eigenvalue weighted by Gasteiger charge is 2.20. The fraction of sp³-hybridized carbons (Fsp3) is 0.194. The molecule has 4 aromatic rings. The Kier molecular flexibility index (Phi) is 12.3. The number of nitrogens with one attached hydrogen (secondary N) is 3. The van der Waals surface area contributed by atoms with Gasteiger partial charge >= 0.3 is 0 Å². The summed E-state index contributed by atoms with van der Waals surface area (Å²) in [5.74, 6) is 0.702. The topological polar surface area (TPSA) is 124 Å². The summed E-state index contributed by atoms with van der Waals surface area (Å²) in [6, 6.07) is 26.2. The fourth-order valence-electron chi connectivity index (χ4n) is 4.52. The van der Waals surface area contributed by atoms with Gasteiger partial charge < -0.3 is 34.9 Å². The molecule has 0 bridgehead atoms. The van der Waals surface area contributed by atoms with Gasteiger partial charge in [-0.25, -0.2) is 0 Å². The number of methoxy groups -OCH3 is 4. The third kappa shape index (κ3) is 9.30. The molecule has 0 fully saturated rings. The third-order valence-corrected chi connectivity index (χ3v) is 8.28. The largest absolute Gasteiger partial charge is 0.497 e. The molecule has 47 heavy (non-hydrogen) atoms. The van der Waals surface area contributed by atoms with Gasteiger partial charge in [-0.3, -0.25) is 14.4 Å². The SMILES string of the molecule is CCC(Sc1cccc(NC(=O)/C(=C\c2cc(OC)c(OC)c(OC)c2)NC(=O)c2ccccc2)c1)C(=O)Nc1ccc(OC)cc1. The quantitative estimate of drug-likeness (QED) is 0.102. The van der Waals surface area contributed by atoms with Crippen LogP contribution in [0.4, 0.5) is 11.4 Å². The first-order chi connectivity index (χ1) is 22.8. The Hall–Kier alpha value is -5.42. The molecule has 10 nitrogen and oxygen atoms in total. The van der Waals surface area contributed by atoms with Crippen LogP contribution in [0, 0.1) is 0 Å². The van der Waals surface area contributed by atoms with Crippen molar-refractivity contribution in [3.05, 3.63) is 108 Å². The number of rotatable bonds is 14. The van der Waals surface area contributed by atoms with E-state index >= 15 is 0 Å². The van der Waals surface area contributed by atoms with Crippen molar-refractivity contribution < 1.29 is 33.3 Å². The molecule has 1 atom stereocenters. The molecule has 0 aliphatic heterocycles. The van der Waals surface area contributed by atoms with E-state index in [2.05, 4.69) is 16.0 Å². The first-order valence-electron chi connectivity index (χ1n) is 14.7. The second-order valence-electron chi connectivity index (χ2n) is 10.1. The molecule has 4 aromatic carbocycles. The Morgan fingerprint density at radius 2 is 1.43 bits per heavy atom. The first-order valence-corrected chi connectivity index (χ1v) is 15.6.